The van der Waals surface area contributed by atoms with Crippen molar-refractivity contribution in [1.82, 2.24) is 9.38 Å². The summed E-state index contributed by atoms with van der Waals surface area (Å²) in [6, 6.07) is 16.0. The number of nitrogens with two attached hydrogens (primary N) is 1. The molecule has 2 aromatic heterocycles. The number of hydrogen-bond donors (Lipinski definition) is 1. The third kappa shape index (κ3) is 2.87. The third-order valence-corrected chi connectivity index (χ3v) is 5.08. The second-order valence-electron chi connectivity index (χ2n) is 5.87. The van der Waals surface area contributed by atoms with E-state index < -0.39 is 0 Å². The zero-order valence-electron chi connectivity index (χ0n) is 14.2. The first kappa shape index (κ1) is 15.7. The summed E-state index contributed by atoms with van der Waals surface area (Å²) in [7, 11) is 0. The minimum atomic E-state index is 0.673. The third-order valence-electron chi connectivity index (χ3n) is 4.11. The van der Waals surface area contributed by atoms with E-state index >= 15 is 0 Å². The highest BCUT2D eigenvalue weighted by Crippen LogP contribution is 2.34. The quantitative estimate of drug-likeness (QED) is 0.526. The Labute approximate surface area is 150 Å². The predicted octanol–water partition coefficient (Wildman–Crippen LogP) is 5.02. The summed E-state index contributed by atoms with van der Waals surface area (Å²) >= 11 is 1.70. The Kier molecular flexibility index (Phi) is 3.93. The van der Waals surface area contributed by atoms with Crippen LogP contribution >= 0.6 is 11.3 Å². The summed E-state index contributed by atoms with van der Waals surface area (Å²) in [6.45, 7) is 4.79. The first-order valence-electron chi connectivity index (χ1n) is 8.23. The maximum Gasteiger partial charge on any atom is 0.194 e. The van der Waals surface area contributed by atoms with Crippen molar-refractivity contribution in [3.8, 4) is 28.3 Å². The van der Waals surface area contributed by atoms with E-state index in [9.17, 15) is 0 Å². The highest BCUT2D eigenvalue weighted by molar-refractivity contribution is 7.17. The maximum atomic E-state index is 5.91. The second-order valence-corrected chi connectivity index (χ2v) is 7.05. The second kappa shape index (κ2) is 6.26. The van der Waals surface area contributed by atoms with Gasteiger partial charge in [-0.3, -0.25) is 4.40 Å². The average molecular weight is 349 g/mol. The van der Waals surface area contributed by atoms with Crippen LogP contribution in [0.2, 0.25) is 0 Å². The van der Waals surface area contributed by atoms with Crippen molar-refractivity contribution in [2.24, 2.45) is 0 Å². The fourth-order valence-electron chi connectivity index (χ4n) is 3.01. The van der Waals surface area contributed by atoms with Gasteiger partial charge in [0, 0.05) is 22.3 Å². The van der Waals surface area contributed by atoms with Crippen LogP contribution in [-0.2, 0) is 0 Å². The normalized spacial score (nSPS) is 11.1. The van der Waals surface area contributed by atoms with E-state index in [0.717, 1.165) is 33.2 Å². The van der Waals surface area contributed by atoms with E-state index in [1.165, 1.54) is 10.6 Å². The lowest BCUT2D eigenvalue weighted by Crippen LogP contribution is -1.91. The van der Waals surface area contributed by atoms with Crippen molar-refractivity contribution >= 4 is 22.0 Å². The zero-order chi connectivity index (χ0) is 17.4. The van der Waals surface area contributed by atoms with E-state index in [1.807, 2.05) is 43.3 Å². The molecular formula is C20H19N3OS. The molecule has 5 heteroatoms. The molecule has 4 nitrogen and oxygen atoms in total. The molecule has 2 aromatic carbocycles. The van der Waals surface area contributed by atoms with Gasteiger partial charge in [-0.2, -0.15) is 0 Å². The van der Waals surface area contributed by atoms with E-state index in [4.69, 9.17) is 15.5 Å². The highest BCUT2D eigenvalue weighted by Gasteiger charge is 2.15. The summed E-state index contributed by atoms with van der Waals surface area (Å²) in [5.74, 6) is 0.890. The highest BCUT2D eigenvalue weighted by atomic mass is 32.1. The molecule has 0 saturated heterocycles. The number of benzene rings is 2. The fraction of sp³-hybridized carbons (Fsp3) is 0.150. The molecule has 0 spiro atoms. The van der Waals surface area contributed by atoms with Crippen molar-refractivity contribution in [2.45, 2.75) is 13.8 Å². The van der Waals surface area contributed by atoms with Crippen molar-refractivity contribution < 1.29 is 4.74 Å². The van der Waals surface area contributed by atoms with Crippen LogP contribution in [0.3, 0.4) is 0 Å². The molecule has 0 atom stereocenters. The summed E-state index contributed by atoms with van der Waals surface area (Å²) < 4.78 is 7.70. The van der Waals surface area contributed by atoms with Gasteiger partial charge in [0.05, 0.1) is 18.0 Å². The topological polar surface area (TPSA) is 52.5 Å². The molecule has 0 radical (unpaired) electrons. The molecule has 0 aliphatic carbocycles. The van der Waals surface area contributed by atoms with Crippen molar-refractivity contribution in [3.63, 3.8) is 0 Å². The number of ether oxygens (including phenoxy) is 1. The molecule has 126 valence electrons. The van der Waals surface area contributed by atoms with Crippen LogP contribution in [-0.4, -0.2) is 16.0 Å². The zero-order valence-corrected chi connectivity index (χ0v) is 15.0. The average Bonchev–Trinajstić information content (AvgIpc) is 3.13. The summed E-state index contributed by atoms with van der Waals surface area (Å²) in [5.41, 5.74) is 11.0. The largest absolute Gasteiger partial charge is 0.494 e. The first-order chi connectivity index (χ1) is 12.2. The molecule has 0 aliphatic rings. The Morgan fingerprint density at radius 3 is 2.64 bits per heavy atom. The number of nitrogen functional groups attached to an aromatic ring is 1. The van der Waals surface area contributed by atoms with Crippen LogP contribution in [0.15, 0.2) is 54.7 Å². The van der Waals surface area contributed by atoms with Gasteiger partial charge in [0.2, 0.25) is 0 Å². The predicted molar refractivity (Wildman–Crippen MR) is 104 cm³/mol. The van der Waals surface area contributed by atoms with Crippen molar-refractivity contribution in [3.05, 3.63) is 59.6 Å². The number of fused-ring (bicyclic) bond motifs is 1. The Morgan fingerprint density at radius 1 is 1.12 bits per heavy atom. The SMILES string of the molecule is CCOc1ccc(-c2c(C)sc3nc(-c4cccc(N)c4)cn23)cc1. The Hall–Kier alpha value is -2.79. The van der Waals surface area contributed by atoms with Crippen molar-refractivity contribution in [1.29, 1.82) is 0 Å². The first-order valence-corrected chi connectivity index (χ1v) is 9.05. The Balaban J connectivity index is 1.80. The van der Waals surface area contributed by atoms with Gasteiger partial charge < -0.3 is 10.5 Å². The minimum absolute atomic E-state index is 0.673. The maximum absolute atomic E-state index is 5.91. The number of aromatic nitrogens is 2. The van der Waals surface area contributed by atoms with Gasteiger partial charge >= 0.3 is 0 Å². The summed E-state index contributed by atoms with van der Waals surface area (Å²) in [4.78, 5) is 7.01. The smallest absolute Gasteiger partial charge is 0.194 e. The molecule has 0 unspecified atom stereocenters. The van der Waals surface area contributed by atoms with Gasteiger partial charge in [-0.1, -0.05) is 12.1 Å². The van der Waals surface area contributed by atoms with Gasteiger partial charge in [-0.15, -0.1) is 11.3 Å². The van der Waals surface area contributed by atoms with E-state index in [1.54, 1.807) is 11.3 Å². The molecule has 4 rings (SSSR count). The van der Waals surface area contributed by atoms with Gasteiger partial charge in [0.1, 0.15) is 5.75 Å². The molecule has 0 saturated carbocycles. The number of nitrogens with zero attached hydrogens (tertiary/aromatic N) is 2. The molecule has 25 heavy (non-hydrogen) atoms. The monoisotopic (exact) mass is 349 g/mol. The fourth-order valence-corrected chi connectivity index (χ4v) is 3.98. The number of rotatable bonds is 4. The van der Waals surface area contributed by atoms with Gasteiger partial charge in [-0.25, -0.2) is 4.98 Å². The molecule has 0 fully saturated rings. The molecule has 2 heterocycles. The standard InChI is InChI=1S/C20H19N3OS/c1-3-24-17-9-7-14(8-10-17)19-13(2)25-20-22-18(12-23(19)20)15-5-4-6-16(21)11-15/h4-12H,3,21H2,1-2H3. The number of anilines is 1. The van der Waals surface area contributed by atoms with Crippen LogP contribution in [0.4, 0.5) is 5.69 Å². The molecule has 2 N–H and O–H groups in total. The van der Waals surface area contributed by atoms with Gasteiger partial charge in [0.15, 0.2) is 4.96 Å². The van der Waals surface area contributed by atoms with E-state index in [-0.39, 0.29) is 0 Å². The number of thiazole rings is 1. The summed E-state index contributed by atoms with van der Waals surface area (Å²) in [5, 5.41) is 0. The molecule has 0 bridgehead atoms. The van der Waals surface area contributed by atoms with Crippen LogP contribution in [0.1, 0.15) is 11.8 Å². The molecule has 4 aromatic rings. The molecular weight excluding hydrogens is 330 g/mol. The van der Waals surface area contributed by atoms with Crippen LogP contribution in [0, 0.1) is 6.92 Å². The summed E-state index contributed by atoms with van der Waals surface area (Å²) in [6.07, 6.45) is 2.08. The van der Waals surface area contributed by atoms with E-state index in [0.29, 0.717) is 6.61 Å². The van der Waals surface area contributed by atoms with Crippen LogP contribution in [0.25, 0.3) is 27.5 Å². The van der Waals surface area contributed by atoms with Gasteiger partial charge in [-0.05, 0) is 55.8 Å². The number of hydrogen-bond acceptors (Lipinski definition) is 4. The lowest BCUT2D eigenvalue weighted by atomic mass is 10.1. The van der Waals surface area contributed by atoms with E-state index in [2.05, 4.69) is 29.7 Å². The lowest BCUT2D eigenvalue weighted by Gasteiger charge is -2.05. The van der Waals surface area contributed by atoms with Crippen LogP contribution < -0.4 is 10.5 Å². The van der Waals surface area contributed by atoms with Gasteiger partial charge in [0.25, 0.3) is 0 Å². The van der Waals surface area contributed by atoms with Crippen LogP contribution in [0.5, 0.6) is 5.75 Å². The minimum Gasteiger partial charge on any atom is -0.494 e. The van der Waals surface area contributed by atoms with Crippen molar-refractivity contribution in [2.75, 3.05) is 12.3 Å². The number of aryl methyl sites for hydroxylation is 1. The lowest BCUT2D eigenvalue weighted by molar-refractivity contribution is 0.340. The Bertz CT molecular complexity index is 1030. The molecule has 0 amide bonds. The Morgan fingerprint density at radius 2 is 1.92 bits per heavy atom. The molecule has 0 aliphatic heterocycles. The number of imidazole rings is 1.